The zero-order chi connectivity index (χ0) is 52.0. The van der Waals surface area contributed by atoms with Crippen LogP contribution in [0, 0.1) is 0 Å². The van der Waals surface area contributed by atoms with E-state index in [9.17, 15) is 42.3 Å². The summed E-state index contributed by atoms with van der Waals surface area (Å²) in [6.45, 7) is 7.62. The second kappa shape index (κ2) is 20.5. The van der Waals surface area contributed by atoms with Gasteiger partial charge in [0.2, 0.25) is 27.7 Å². The number of imidazole rings is 1. The average molecular weight is 1050 g/mol. The van der Waals surface area contributed by atoms with Crippen molar-refractivity contribution in [2.75, 3.05) is 43.4 Å². The first kappa shape index (κ1) is 52.3. The molecule has 22 heteroatoms. The van der Waals surface area contributed by atoms with Crippen molar-refractivity contribution in [2.45, 2.75) is 108 Å². The number of rotatable bonds is 16. The number of hydrogen-bond acceptors (Lipinski definition) is 12. The lowest BCUT2D eigenvalue weighted by Crippen LogP contribution is -2.55. The Morgan fingerprint density at radius 2 is 1.71 bits per heavy atom. The number of ketones is 1. The number of thiophene rings is 1. The van der Waals surface area contributed by atoms with E-state index in [0.29, 0.717) is 56.8 Å². The van der Waals surface area contributed by atoms with Gasteiger partial charge in [0.15, 0.2) is 16.4 Å². The number of Topliss-reactive ketones (excluding diaryl/α,β-unsaturated/α-hetero) is 1. The molecule has 384 valence electrons. The summed E-state index contributed by atoms with van der Waals surface area (Å²) in [5.74, 6) is -7.98. The van der Waals surface area contributed by atoms with Crippen LogP contribution < -0.4 is 26.4 Å². The minimum atomic E-state index is -3.88. The van der Waals surface area contributed by atoms with Gasteiger partial charge in [0.1, 0.15) is 17.7 Å². The highest BCUT2D eigenvalue weighted by Crippen LogP contribution is 2.46. The molecule has 0 spiro atoms. The number of alkyl halides is 2. The SMILES string of the molecule is CC(=O)COc1c(C(=O)O)sc(-c2cccc(N[C@H]3CCN(S(=O)(=O)Cc4cccc(NC(=O)CN5CCC(c6ccc7c(c6)n(C(C)C)c(=O)n7C6CCC(=O)NC6=O)C(F)(F)C5)c4)C(C)(C)C3)c2)c1Cl. The number of piperidine rings is 3. The maximum absolute atomic E-state index is 16.1. The number of carbonyl (C=O) groups is 5. The molecule has 3 saturated heterocycles. The first-order valence-electron chi connectivity index (χ1n) is 23.6. The molecule has 4 N–H and O–H groups in total. The van der Waals surface area contributed by atoms with Crippen LogP contribution in [0.5, 0.6) is 5.75 Å². The number of sulfonamides is 1. The van der Waals surface area contributed by atoms with Crippen molar-refractivity contribution in [1.82, 2.24) is 23.7 Å². The summed E-state index contributed by atoms with van der Waals surface area (Å²) in [7, 11) is -3.88. The fourth-order valence-electron chi connectivity index (χ4n) is 10.2. The van der Waals surface area contributed by atoms with Crippen molar-refractivity contribution in [3.63, 3.8) is 0 Å². The molecule has 0 radical (unpaired) electrons. The van der Waals surface area contributed by atoms with E-state index in [0.717, 1.165) is 11.3 Å². The predicted octanol–water partition coefficient (Wildman–Crippen LogP) is 7.66. The van der Waals surface area contributed by atoms with Crippen molar-refractivity contribution in [1.29, 1.82) is 0 Å². The number of carboxylic acid groups (broad SMARTS) is 1. The molecule has 3 aromatic carbocycles. The van der Waals surface area contributed by atoms with Crippen molar-refractivity contribution in [3.8, 4) is 16.2 Å². The molecule has 17 nitrogen and oxygen atoms in total. The Balaban J connectivity index is 0.870. The number of likely N-dealkylation sites (tertiary alicyclic amines) is 1. The predicted molar refractivity (Wildman–Crippen MR) is 270 cm³/mol. The lowest BCUT2D eigenvalue weighted by Gasteiger charge is -2.45. The van der Waals surface area contributed by atoms with Gasteiger partial charge in [-0.1, -0.05) is 41.9 Å². The molecular formula is C50H56ClF2N7O10S2. The lowest BCUT2D eigenvalue weighted by atomic mass is 9.86. The fourth-order valence-corrected chi connectivity index (χ4v) is 13.6. The normalized spacial score (nSPS) is 20.6. The monoisotopic (exact) mass is 1050 g/mol. The van der Waals surface area contributed by atoms with Crippen LogP contribution in [0.3, 0.4) is 0 Å². The summed E-state index contributed by atoms with van der Waals surface area (Å²) in [6, 6.07) is 17.0. The van der Waals surface area contributed by atoms with E-state index in [1.54, 1.807) is 68.4 Å². The van der Waals surface area contributed by atoms with Gasteiger partial charge >= 0.3 is 11.7 Å². The van der Waals surface area contributed by atoms with E-state index < -0.39 is 69.4 Å². The van der Waals surface area contributed by atoms with Gasteiger partial charge in [0.05, 0.1) is 40.7 Å². The van der Waals surface area contributed by atoms with Crippen molar-refractivity contribution in [2.24, 2.45) is 0 Å². The number of nitrogens with zero attached hydrogens (tertiary/aromatic N) is 4. The molecule has 72 heavy (non-hydrogen) atoms. The van der Waals surface area contributed by atoms with E-state index >= 15 is 8.78 Å². The zero-order valence-corrected chi connectivity index (χ0v) is 42.7. The summed E-state index contributed by atoms with van der Waals surface area (Å²) in [6.07, 6.45) is 1.14. The fraction of sp³-hybridized carbons (Fsp3) is 0.440. The number of halogens is 3. The Bertz CT molecular complexity index is 3150. The highest BCUT2D eigenvalue weighted by Gasteiger charge is 2.46. The van der Waals surface area contributed by atoms with E-state index in [1.165, 1.54) is 25.3 Å². The standard InChI is InChI=1S/C50H56ClF2N7O10S2/c1-28(2)59-39-22-31(12-13-37(39)60(48(59)67)38-14-15-40(62)56-46(38)64)36-17-18-57(27-50(36,52)53)24-41(63)55-33-10-6-8-30(20-33)26-72(68,69)58-19-16-35(23-49(58,4)5)54-34-11-7-9-32(21-34)44-42(51)43(70-25-29(3)61)45(71-44)47(65)66/h6-13,20-22,28,35-36,38,54H,14-19,23-27H2,1-5H3,(H,55,63)(H,65,66)(H,56,62,64)/t35-,36?,38?/m0/s1. The van der Waals surface area contributed by atoms with E-state index in [4.69, 9.17) is 16.3 Å². The molecule has 0 saturated carbocycles. The Morgan fingerprint density at radius 3 is 2.39 bits per heavy atom. The number of aromatic nitrogens is 2. The Kier molecular flexibility index (Phi) is 14.9. The zero-order valence-electron chi connectivity index (χ0n) is 40.3. The summed E-state index contributed by atoms with van der Waals surface area (Å²) >= 11 is 7.53. The molecule has 3 fully saturated rings. The van der Waals surface area contributed by atoms with Gasteiger partial charge < -0.3 is 20.5 Å². The van der Waals surface area contributed by atoms with Gasteiger partial charge in [-0.05, 0) is 120 Å². The lowest BCUT2D eigenvalue weighted by molar-refractivity contribution is -0.135. The quantitative estimate of drug-likeness (QED) is 0.0701. The third kappa shape index (κ3) is 11.0. The number of carbonyl (C=O) groups excluding carboxylic acids is 4. The number of ether oxygens (including phenoxy) is 1. The minimum Gasteiger partial charge on any atom is -0.482 e. The Labute approximate surface area is 423 Å². The van der Waals surface area contributed by atoms with Crippen molar-refractivity contribution < 1.29 is 51.0 Å². The molecule has 5 heterocycles. The number of imide groups is 1. The Morgan fingerprint density at radius 1 is 0.972 bits per heavy atom. The third-order valence-corrected chi connectivity index (χ3v) is 17.1. The number of carboxylic acids is 1. The van der Waals surface area contributed by atoms with Gasteiger partial charge in [-0.2, -0.15) is 4.31 Å². The smallest absolute Gasteiger partial charge is 0.349 e. The average Bonchev–Trinajstić information content (AvgIpc) is 3.77. The van der Waals surface area contributed by atoms with Gasteiger partial charge in [-0.15, -0.1) is 11.3 Å². The molecule has 5 aromatic rings. The molecule has 8 rings (SSSR count). The molecule has 2 aromatic heterocycles. The van der Waals surface area contributed by atoms with Gasteiger partial charge in [0, 0.05) is 42.0 Å². The minimum absolute atomic E-state index is 0.0131. The number of anilines is 2. The first-order valence-corrected chi connectivity index (χ1v) is 26.4. The van der Waals surface area contributed by atoms with Crippen molar-refractivity contribution >= 4 is 84.8 Å². The van der Waals surface area contributed by atoms with Crippen LogP contribution in [-0.4, -0.2) is 112 Å². The highest BCUT2D eigenvalue weighted by atomic mass is 35.5. The second-order valence-corrected chi connectivity index (χ2v) is 22.9. The maximum Gasteiger partial charge on any atom is 0.349 e. The van der Waals surface area contributed by atoms with Crippen LogP contribution in [-0.2, 0) is 35.0 Å². The molecule has 3 atom stereocenters. The largest absolute Gasteiger partial charge is 0.482 e. The first-order chi connectivity index (χ1) is 33.9. The highest BCUT2D eigenvalue weighted by molar-refractivity contribution is 7.88. The third-order valence-electron chi connectivity index (χ3n) is 13.3. The van der Waals surface area contributed by atoms with E-state index in [2.05, 4.69) is 16.0 Å². The van der Waals surface area contributed by atoms with Crippen LogP contribution >= 0.6 is 22.9 Å². The van der Waals surface area contributed by atoms with Gasteiger partial charge in [-0.3, -0.25) is 38.5 Å². The topological polar surface area (TPSA) is 218 Å². The van der Waals surface area contributed by atoms with E-state index in [1.807, 2.05) is 26.0 Å². The molecule has 0 bridgehead atoms. The van der Waals surface area contributed by atoms with Crippen LogP contribution in [0.15, 0.2) is 71.5 Å². The molecule has 3 amide bonds. The summed E-state index contributed by atoms with van der Waals surface area (Å²) < 4.78 is 70.0. The number of benzene rings is 3. The number of aromatic carboxylic acids is 1. The van der Waals surface area contributed by atoms with Crippen LogP contribution in [0.4, 0.5) is 20.2 Å². The van der Waals surface area contributed by atoms with Gasteiger partial charge in [0.25, 0.3) is 5.92 Å². The van der Waals surface area contributed by atoms with Crippen LogP contribution in [0.2, 0.25) is 5.02 Å². The molecule has 3 aliphatic rings. The van der Waals surface area contributed by atoms with Crippen LogP contribution in [0.25, 0.3) is 21.5 Å². The van der Waals surface area contributed by atoms with Crippen LogP contribution in [0.1, 0.15) is 106 Å². The van der Waals surface area contributed by atoms with Crippen molar-refractivity contribution in [3.05, 3.63) is 98.2 Å². The maximum atomic E-state index is 16.1. The number of fused-ring (bicyclic) bond motifs is 1. The number of nitrogens with one attached hydrogen (secondary N) is 3. The number of amides is 3. The second-order valence-electron chi connectivity index (χ2n) is 19.6. The Hall–Kier alpha value is -6.00. The number of hydrogen-bond donors (Lipinski definition) is 4. The summed E-state index contributed by atoms with van der Waals surface area (Å²) in [4.78, 5) is 76.8. The van der Waals surface area contributed by atoms with Gasteiger partial charge in [-0.25, -0.2) is 26.8 Å². The summed E-state index contributed by atoms with van der Waals surface area (Å²) in [5, 5.41) is 18.4. The molecule has 3 aliphatic heterocycles. The van der Waals surface area contributed by atoms with E-state index in [-0.39, 0.29) is 84.8 Å². The molecular weight excluding hydrogens is 996 g/mol. The summed E-state index contributed by atoms with van der Waals surface area (Å²) in [5.41, 5.74) is 1.93. The molecule has 2 unspecified atom stereocenters. The molecule has 0 aliphatic carbocycles.